The molecule has 0 radical (unpaired) electrons. The molecule has 0 unspecified atom stereocenters. The molecular weight excluding hydrogens is 871 g/mol. The highest BCUT2D eigenvalue weighted by atomic mass is 32.4. The maximum absolute atomic E-state index is 15.7. The first-order valence-electron chi connectivity index (χ1n) is 22.6. The first kappa shape index (κ1) is 39.9. The van der Waals surface area contributed by atoms with E-state index in [4.69, 9.17) is 16.8 Å². The monoisotopic (exact) mass is 910 g/mol. The summed E-state index contributed by atoms with van der Waals surface area (Å²) in [6.07, 6.45) is 0. The normalized spacial score (nSPS) is 12.3. The maximum atomic E-state index is 15.7. The average Bonchev–Trinajstić information content (AvgIpc) is 3.80. The highest BCUT2D eigenvalue weighted by Crippen LogP contribution is 2.46. The molecule has 2 aromatic heterocycles. The molecule has 0 spiro atoms. The van der Waals surface area contributed by atoms with Gasteiger partial charge in [-0.15, -0.1) is 0 Å². The lowest BCUT2D eigenvalue weighted by Gasteiger charge is -2.24. The average molecular weight is 911 g/mol. The highest BCUT2D eigenvalue weighted by Gasteiger charge is 2.31. The first-order chi connectivity index (χ1) is 33.0. The van der Waals surface area contributed by atoms with Crippen LogP contribution in [0.15, 0.2) is 243 Å². The van der Waals surface area contributed by atoms with Gasteiger partial charge in [0.15, 0.2) is 7.14 Å². The Morgan fingerprint density at radius 3 is 1.52 bits per heavy atom. The van der Waals surface area contributed by atoms with Crippen molar-refractivity contribution in [1.82, 2.24) is 9.38 Å². The predicted molar refractivity (Wildman–Crippen MR) is 291 cm³/mol. The van der Waals surface area contributed by atoms with E-state index in [1.807, 2.05) is 66.7 Å². The molecule has 2 heterocycles. The molecule has 67 heavy (non-hydrogen) atoms. The lowest BCUT2D eigenvalue weighted by atomic mass is 9.95. The van der Waals surface area contributed by atoms with E-state index < -0.39 is 13.2 Å². The number of pyridine rings is 1. The van der Waals surface area contributed by atoms with Gasteiger partial charge in [0, 0.05) is 38.1 Å². The molecule has 0 saturated carbocycles. The molecule has 0 saturated heterocycles. The zero-order valence-electron chi connectivity index (χ0n) is 36.2. The maximum Gasteiger partial charge on any atom is 0.171 e. The van der Waals surface area contributed by atoms with Gasteiger partial charge in [0.25, 0.3) is 0 Å². The summed E-state index contributed by atoms with van der Waals surface area (Å²) in [4.78, 5) is 5.37. The Hall–Kier alpha value is -7.45. The quantitative estimate of drug-likeness (QED) is 0.118. The minimum atomic E-state index is -3.26. The van der Waals surface area contributed by atoms with E-state index in [9.17, 15) is 0 Å². The second-order valence-corrected chi connectivity index (χ2v) is 24.5. The summed E-state index contributed by atoms with van der Waals surface area (Å²) in [5.41, 5.74) is 5.93. The molecule has 6 heteroatoms. The number of nitrogens with zero attached hydrogens (tertiary/aromatic N) is 2. The van der Waals surface area contributed by atoms with Crippen LogP contribution >= 0.6 is 13.2 Å². The fourth-order valence-electron chi connectivity index (χ4n) is 10.4. The van der Waals surface area contributed by atoms with Crippen LogP contribution in [-0.2, 0) is 16.4 Å². The van der Waals surface area contributed by atoms with Crippen molar-refractivity contribution in [3.05, 3.63) is 243 Å². The van der Waals surface area contributed by atoms with Gasteiger partial charge in [-0.2, -0.15) is 0 Å². The Bertz CT molecular complexity index is 4130. The van der Waals surface area contributed by atoms with Crippen molar-refractivity contribution >= 4 is 127 Å². The van der Waals surface area contributed by atoms with Crippen LogP contribution in [0.5, 0.6) is 0 Å². The lowest BCUT2D eigenvalue weighted by Crippen LogP contribution is -2.24. The van der Waals surface area contributed by atoms with Gasteiger partial charge in [0.1, 0.15) is 5.65 Å². The summed E-state index contributed by atoms with van der Waals surface area (Å²) in [5.74, 6) is 0. The van der Waals surface area contributed by atoms with Crippen LogP contribution in [0, 0.1) is 0 Å². The molecule has 0 aliphatic rings. The molecule has 0 amide bonds. The van der Waals surface area contributed by atoms with E-state index in [0.29, 0.717) is 0 Å². The molecule has 0 N–H and O–H groups in total. The summed E-state index contributed by atoms with van der Waals surface area (Å²) in [6, 6.07) is 83.0. The Morgan fingerprint density at radius 2 is 0.866 bits per heavy atom. The summed E-state index contributed by atoms with van der Waals surface area (Å²) < 4.78 is 18.0. The molecule has 0 aliphatic carbocycles. The third-order valence-electron chi connectivity index (χ3n) is 13.7. The van der Waals surface area contributed by atoms with Crippen LogP contribution in [0.2, 0.25) is 0 Å². The predicted octanol–water partition coefficient (Wildman–Crippen LogP) is 13.3. The second kappa shape index (κ2) is 15.6. The Morgan fingerprint density at radius 1 is 0.358 bits per heavy atom. The van der Waals surface area contributed by atoms with E-state index in [1.165, 1.54) is 53.6 Å². The van der Waals surface area contributed by atoms with Gasteiger partial charge in [0.2, 0.25) is 0 Å². The zero-order chi connectivity index (χ0) is 44.7. The second-order valence-electron chi connectivity index (χ2n) is 17.4. The van der Waals surface area contributed by atoms with Crippen molar-refractivity contribution in [3.8, 4) is 11.1 Å². The van der Waals surface area contributed by atoms with Crippen LogP contribution in [0.3, 0.4) is 0 Å². The Kier molecular flexibility index (Phi) is 9.28. The number of hydrogen-bond acceptors (Lipinski definition) is 3. The van der Waals surface area contributed by atoms with Crippen molar-refractivity contribution < 1.29 is 4.57 Å². The number of fused-ring (bicyclic) bond motifs is 13. The van der Waals surface area contributed by atoms with Crippen LogP contribution in [-0.4, -0.2) is 9.38 Å². The molecule has 11 aromatic carbocycles. The van der Waals surface area contributed by atoms with Crippen LogP contribution in [0.1, 0.15) is 0 Å². The van der Waals surface area contributed by atoms with E-state index in [-0.39, 0.29) is 0 Å². The smallest absolute Gasteiger partial charge is 0.171 e. The van der Waals surface area contributed by atoms with E-state index in [0.717, 1.165) is 60.0 Å². The third kappa shape index (κ3) is 6.22. The standard InChI is InChI=1S/C61H40N2OP2S/c64-65(46-16-5-1-6-17-46,47-18-7-2-8-19-47)50-31-36-57-59(40-50)63-58-39-43(29-33-55(58)60-54-24-14-13-15-41(54)27-34-56(60)61(63)62-57)42-28-32-52-44(37-42)25-26-45-38-51(30-35-53(45)52)66(67,48-20-9-3-10-21-48)49-22-11-4-12-23-49/h1-40H. The molecule has 0 atom stereocenters. The summed E-state index contributed by atoms with van der Waals surface area (Å²) in [6.45, 7) is 0. The van der Waals surface area contributed by atoms with Crippen LogP contribution in [0.4, 0.5) is 0 Å². The number of imidazole rings is 1. The Balaban J connectivity index is 1.00. The van der Waals surface area contributed by atoms with Gasteiger partial charge in [-0.25, -0.2) is 4.98 Å². The van der Waals surface area contributed by atoms with E-state index in [1.54, 1.807) is 0 Å². The van der Waals surface area contributed by atoms with Crippen LogP contribution in [0.25, 0.3) is 81.8 Å². The zero-order valence-corrected chi connectivity index (χ0v) is 38.8. The number of aromatic nitrogens is 2. The number of benzene rings is 11. The van der Waals surface area contributed by atoms with Gasteiger partial charge >= 0.3 is 0 Å². The van der Waals surface area contributed by atoms with Crippen molar-refractivity contribution in [2.45, 2.75) is 0 Å². The van der Waals surface area contributed by atoms with Crippen LogP contribution < -0.4 is 31.8 Å². The fourth-order valence-corrected chi connectivity index (χ4v) is 16.8. The topological polar surface area (TPSA) is 34.4 Å². The third-order valence-corrected chi connectivity index (χ3v) is 21.7. The molecule has 3 nitrogen and oxygen atoms in total. The minimum absolute atomic E-state index is 0.774. The van der Waals surface area contributed by atoms with Crippen molar-refractivity contribution in [2.24, 2.45) is 0 Å². The Labute approximate surface area is 393 Å². The number of rotatable bonds is 7. The molecule has 316 valence electrons. The molecule has 0 fully saturated rings. The van der Waals surface area contributed by atoms with E-state index in [2.05, 4.69) is 180 Å². The van der Waals surface area contributed by atoms with Gasteiger partial charge in [-0.3, -0.25) is 4.40 Å². The summed E-state index contributed by atoms with van der Waals surface area (Å²) in [5, 5.41) is 16.5. The van der Waals surface area contributed by atoms with Crippen molar-refractivity contribution in [3.63, 3.8) is 0 Å². The fraction of sp³-hybridized carbons (Fsp3) is 0. The SMILES string of the molecule is O=P(c1ccccc1)(c1ccccc1)c1ccc2nc3c4ccc5ccccc5c4c4ccc(-c5ccc6c(ccc7cc(P(=S)(c8ccccc8)c8ccccc8)ccc76)c5)cc4n3c2c1. The van der Waals surface area contributed by atoms with Crippen molar-refractivity contribution in [1.29, 1.82) is 0 Å². The molecule has 13 aromatic rings. The summed E-state index contributed by atoms with van der Waals surface area (Å²) in [7, 11) is -3.26. The summed E-state index contributed by atoms with van der Waals surface area (Å²) >= 11 is 6.72. The van der Waals surface area contributed by atoms with Gasteiger partial charge in [-0.05, 0) is 102 Å². The molecule has 0 aliphatic heterocycles. The highest BCUT2D eigenvalue weighted by molar-refractivity contribution is 8.25. The number of hydrogen-bond donors (Lipinski definition) is 0. The molecule has 0 bridgehead atoms. The molecule has 13 rings (SSSR count). The van der Waals surface area contributed by atoms with Crippen molar-refractivity contribution in [2.75, 3.05) is 0 Å². The molecular formula is C61H40N2OP2S. The first-order valence-corrected chi connectivity index (χ1v) is 27.1. The van der Waals surface area contributed by atoms with E-state index >= 15 is 4.57 Å². The lowest BCUT2D eigenvalue weighted by molar-refractivity contribution is 0.592. The largest absolute Gasteiger partial charge is 0.309 e. The van der Waals surface area contributed by atoms with Gasteiger partial charge in [-0.1, -0.05) is 212 Å². The van der Waals surface area contributed by atoms with Gasteiger partial charge in [0.05, 0.1) is 16.6 Å². The minimum Gasteiger partial charge on any atom is -0.309 e. The van der Waals surface area contributed by atoms with Gasteiger partial charge < -0.3 is 4.57 Å².